The molecular formula is C10H16O. The van der Waals surface area contributed by atoms with Crippen LogP contribution >= 0.6 is 0 Å². The van der Waals surface area contributed by atoms with E-state index in [4.69, 9.17) is 0 Å². The third kappa shape index (κ3) is 2.18. The first kappa shape index (κ1) is 8.51. The number of Topliss-reactive ketones (excluding diaryl/α,β-unsaturated/α-hetero) is 1. The smallest absolute Gasteiger partial charge is 0.136 e. The van der Waals surface area contributed by atoms with E-state index in [2.05, 4.69) is 19.9 Å². The maximum atomic E-state index is 11.0. The zero-order valence-electron chi connectivity index (χ0n) is 7.55. The van der Waals surface area contributed by atoms with Crippen molar-refractivity contribution in [3.05, 3.63) is 12.2 Å². The highest BCUT2D eigenvalue weighted by Gasteiger charge is 2.26. The number of carbonyl (C=O) groups excluding carboxylic acids is 1. The van der Waals surface area contributed by atoms with Crippen LogP contribution in [-0.4, -0.2) is 5.78 Å². The van der Waals surface area contributed by atoms with Crippen LogP contribution in [0.4, 0.5) is 0 Å². The van der Waals surface area contributed by atoms with E-state index in [1.54, 1.807) is 6.92 Å². The van der Waals surface area contributed by atoms with Gasteiger partial charge in [-0.15, -0.1) is 0 Å². The summed E-state index contributed by atoms with van der Waals surface area (Å²) < 4.78 is 0. The molecule has 1 unspecified atom stereocenters. The van der Waals surface area contributed by atoms with Crippen molar-refractivity contribution in [2.75, 3.05) is 0 Å². The van der Waals surface area contributed by atoms with Crippen molar-refractivity contribution < 1.29 is 4.79 Å². The Morgan fingerprint density at radius 3 is 2.55 bits per heavy atom. The zero-order chi connectivity index (χ0) is 8.48. The standard InChI is InChI=1S/C10H16O/c1-8(11)9-5-4-6-10(2,3)7-9/h4-5,9H,6-7H2,1-3H3. The third-order valence-electron chi connectivity index (χ3n) is 2.33. The Bertz CT molecular complexity index is 189. The molecule has 0 amide bonds. The molecule has 0 aromatic heterocycles. The molecule has 0 aromatic rings. The van der Waals surface area contributed by atoms with Crippen LogP contribution in [0.1, 0.15) is 33.6 Å². The highest BCUT2D eigenvalue weighted by molar-refractivity contribution is 5.80. The molecule has 0 heterocycles. The molecule has 1 atom stereocenters. The van der Waals surface area contributed by atoms with E-state index < -0.39 is 0 Å². The molecule has 0 spiro atoms. The summed E-state index contributed by atoms with van der Waals surface area (Å²) in [5.74, 6) is 0.479. The Morgan fingerprint density at radius 1 is 1.55 bits per heavy atom. The number of rotatable bonds is 1. The molecule has 62 valence electrons. The van der Waals surface area contributed by atoms with Gasteiger partial charge in [0.05, 0.1) is 0 Å². The molecule has 0 radical (unpaired) electrons. The van der Waals surface area contributed by atoms with Gasteiger partial charge in [-0.25, -0.2) is 0 Å². The predicted octanol–water partition coefficient (Wildman–Crippen LogP) is 2.57. The van der Waals surface area contributed by atoms with Gasteiger partial charge in [-0.3, -0.25) is 4.79 Å². The Morgan fingerprint density at radius 2 is 2.18 bits per heavy atom. The first-order valence-electron chi connectivity index (χ1n) is 4.18. The van der Waals surface area contributed by atoms with Crippen LogP contribution in [-0.2, 0) is 4.79 Å². The summed E-state index contributed by atoms with van der Waals surface area (Å²) in [7, 11) is 0. The fourth-order valence-electron chi connectivity index (χ4n) is 1.58. The maximum absolute atomic E-state index is 11.0. The van der Waals surface area contributed by atoms with Crippen LogP contribution in [0.25, 0.3) is 0 Å². The number of carbonyl (C=O) groups is 1. The third-order valence-corrected chi connectivity index (χ3v) is 2.33. The average molecular weight is 152 g/mol. The van der Waals surface area contributed by atoms with Crippen molar-refractivity contribution in [2.24, 2.45) is 11.3 Å². The first-order chi connectivity index (χ1) is 5.01. The number of allylic oxidation sites excluding steroid dienone is 2. The summed E-state index contributed by atoms with van der Waals surface area (Å²) in [6.45, 7) is 6.11. The van der Waals surface area contributed by atoms with E-state index in [1.807, 2.05) is 6.08 Å². The van der Waals surface area contributed by atoms with E-state index in [0.717, 1.165) is 12.8 Å². The van der Waals surface area contributed by atoms with Crippen LogP contribution in [0.2, 0.25) is 0 Å². The van der Waals surface area contributed by atoms with Gasteiger partial charge in [0, 0.05) is 5.92 Å². The molecule has 1 aliphatic rings. The van der Waals surface area contributed by atoms with E-state index in [0.29, 0.717) is 11.2 Å². The van der Waals surface area contributed by atoms with Gasteiger partial charge in [-0.2, -0.15) is 0 Å². The normalized spacial score (nSPS) is 28.5. The SMILES string of the molecule is CC(=O)C1C=CCC(C)(C)C1. The summed E-state index contributed by atoms with van der Waals surface area (Å²) in [6, 6.07) is 0. The lowest BCUT2D eigenvalue weighted by molar-refractivity contribution is -0.120. The summed E-state index contributed by atoms with van der Waals surface area (Å²) in [6.07, 6.45) is 6.30. The maximum Gasteiger partial charge on any atom is 0.136 e. The van der Waals surface area contributed by atoms with Gasteiger partial charge in [0.1, 0.15) is 5.78 Å². The summed E-state index contributed by atoms with van der Waals surface area (Å²) in [5.41, 5.74) is 0.324. The number of ketones is 1. The molecule has 0 saturated heterocycles. The Kier molecular flexibility index (Phi) is 2.17. The van der Waals surface area contributed by atoms with Crippen molar-refractivity contribution in [1.29, 1.82) is 0 Å². The highest BCUT2D eigenvalue weighted by Crippen LogP contribution is 2.34. The lowest BCUT2D eigenvalue weighted by Gasteiger charge is -2.29. The molecule has 0 N–H and O–H groups in total. The van der Waals surface area contributed by atoms with Crippen LogP contribution in [0.3, 0.4) is 0 Å². The fraction of sp³-hybridized carbons (Fsp3) is 0.700. The Labute approximate surface area is 68.5 Å². The van der Waals surface area contributed by atoms with Crippen LogP contribution in [0, 0.1) is 11.3 Å². The molecule has 1 rings (SSSR count). The second kappa shape index (κ2) is 2.80. The van der Waals surface area contributed by atoms with Crippen molar-refractivity contribution >= 4 is 5.78 Å². The molecule has 0 aliphatic heterocycles. The van der Waals surface area contributed by atoms with Crippen LogP contribution in [0.15, 0.2) is 12.2 Å². The molecule has 0 saturated carbocycles. The van der Waals surface area contributed by atoms with Gasteiger partial charge in [-0.05, 0) is 25.2 Å². The van der Waals surface area contributed by atoms with Gasteiger partial charge in [0.15, 0.2) is 0 Å². The number of hydrogen-bond donors (Lipinski definition) is 0. The molecule has 0 aromatic carbocycles. The average Bonchev–Trinajstić information content (AvgIpc) is 1.85. The van der Waals surface area contributed by atoms with E-state index >= 15 is 0 Å². The first-order valence-corrected chi connectivity index (χ1v) is 4.18. The van der Waals surface area contributed by atoms with Crippen LogP contribution < -0.4 is 0 Å². The minimum Gasteiger partial charge on any atom is -0.299 e. The molecule has 0 fully saturated rings. The molecule has 1 nitrogen and oxygen atoms in total. The summed E-state index contributed by atoms with van der Waals surface area (Å²) in [4.78, 5) is 11.0. The summed E-state index contributed by atoms with van der Waals surface area (Å²) >= 11 is 0. The second-order valence-corrected chi connectivity index (χ2v) is 4.22. The number of hydrogen-bond acceptors (Lipinski definition) is 1. The van der Waals surface area contributed by atoms with Gasteiger partial charge in [0.25, 0.3) is 0 Å². The van der Waals surface area contributed by atoms with Crippen molar-refractivity contribution in [3.63, 3.8) is 0 Å². The Hall–Kier alpha value is -0.590. The van der Waals surface area contributed by atoms with E-state index in [-0.39, 0.29) is 5.92 Å². The van der Waals surface area contributed by atoms with Gasteiger partial charge in [0.2, 0.25) is 0 Å². The minimum absolute atomic E-state index is 0.179. The van der Waals surface area contributed by atoms with Crippen molar-refractivity contribution in [1.82, 2.24) is 0 Å². The van der Waals surface area contributed by atoms with Gasteiger partial charge >= 0.3 is 0 Å². The topological polar surface area (TPSA) is 17.1 Å². The van der Waals surface area contributed by atoms with E-state index in [1.165, 1.54) is 0 Å². The Balaban J connectivity index is 2.67. The lowest BCUT2D eigenvalue weighted by atomic mass is 9.75. The van der Waals surface area contributed by atoms with Crippen molar-refractivity contribution in [3.8, 4) is 0 Å². The molecule has 11 heavy (non-hydrogen) atoms. The molecular weight excluding hydrogens is 136 g/mol. The van der Waals surface area contributed by atoms with Crippen LogP contribution in [0.5, 0.6) is 0 Å². The minimum atomic E-state index is 0.179. The molecule has 1 aliphatic carbocycles. The lowest BCUT2D eigenvalue weighted by Crippen LogP contribution is -2.23. The van der Waals surface area contributed by atoms with E-state index in [9.17, 15) is 4.79 Å². The molecule has 1 heteroatoms. The van der Waals surface area contributed by atoms with Crippen molar-refractivity contribution in [2.45, 2.75) is 33.6 Å². The predicted molar refractivity (Wildman–Crippen MR) is 46.3 cm³/mol. The highest BCUT2D eigenvalue weighted by atomic mass is 16.1. The van der Waals surface area contributed by atoms with Gasteiger partial charge in [-0.1, -0.05) is 26.0 Å². The largest absolute Gasteiger partial charge is 0.299 e. The monoisotopic (exact) mass is 152 g/mol. The fourth-order valence-corrected chi connectivity index (χ4v) is 1.58. The molecule has 0 bridgehead atoms. The quantitative estimate of drug-likeness (QED) is 0.528. The second-order valence-electron chi connectivity index (χ2n) is 4.22. The van der Waals surface area contributed by atoms with Gasteiger partial charge < -0.3 is 0 Å². The summed E-state index contributed by atoms with van der Waals surface area (Å²) in [5, 5.41) is 0. The zero-order valence-corrected chi connectivity index (χ0v) is 7.55.